The Balaban J connectivity index is 0.000000640. The molecule has 0 amide bonds. The van der Waals surface area contributed by atoms with Gasteiger partial charge in [-0.2, -0.15) is 0 Å². The van der Waals surface area contributed by atoms with E-state index in [1.807, 2.05) is 6.08 Å². The van der Waals surface area contributed by atoms with E-state index in [-0.39, 0.29) is 35.3 Å². The molecular formula is C6H7NaO2. The Kier molecular flexibility index (Phi) is 4.96. The van der Waals surface area contributed by atoms with E-state index in [4.69, 9.17) is 4.74 Å². The summed E-state index contributed by atoms with van der Waals surface area (Å²) in [6, 6.07) is 0. The molecule has 0 N–H and O–H groups in total. The van der Waals surface area contributed by atoms with Gasteiger partial charge in [0, 0.05) is 0 Å². The van der Waals surface area contributed by atoms with Gasteiger partial charge in [0.05, 0.1) is 12.9 Å². The van der Waals surface area contributed by atoms with Crippen molar-refractivity contribution in [1.82, 2.24) is 0 Å². The Morgan fingerprint density at radius 2 is 2.33 bits per heavy atom. The maximum Gasteiger partial charge on any atom is 1.00 e. The number of hydrogen-bond donors (Lipinski definition) is 0. The molecule has 0 fully saturated rings. The Labute approximate surface area is 76.5 Å². The first-order valence-electron chi connectivity index (χ1n) is 2.55. The molecule has 0 radical (unpaired) electrons. The van der Waals surface area contributed by atoms with Crippen LogP contribution in [0.3, 0.4) is 0 Å². The zero-order valence-electron chi connectivity index (χ0n) is 5.46. The number of allylic oxidation sites excluding steroid dienone is 1. The molecule has 44 valence electrons. The molecule has 0 spiro atoms. The van der Waals surface area contributed by atoms with Gasteiger partial charge in [-0.15, -0.1) is 0 Å². The monoisotopic (exact) mass is 134 g/mol. The molecule has 9 heavy (non-hydrogen) atoms. The summed E-state index contributed by atoms with van der Waals surface area (Å²) in [4.78, 5) is 0. The first kappa shape index (κ1) is 9.08. The number of hydrogen-bond acceptors (Lipinski definition) is 2. The summed E-state index contributed by atoms with van der Waals surface area (Å²) in [7, 11) is 0. The molecule has 1 aliphatic rings. The van der Waals surface area contributed by atoms with Crippen LogP contribution in [0.25, 0.3) is 0 Å². The summed E-state index contributed by atoms with van der Waals surface area (Å²) in [5, 5.41) is 10.4. The van der Waals surface area contributed by atoms with Crippen molar-refractivity contribution in [1.29, 1.82) is 0 Å². The van der Waals surface area contributed by atoms with E-state index >= 15 is 0 Å². The van der Waals surface area contributed by atoms with Crippen LogP contribution in [0.1, 0.15) is 6.42 Å². The Bertz CT molecular complexity index is 129. The summed E-state index contributed by atoms with van der Waals surface area (Å²) >= 11 is 0. The standard InChI is InChI=1S/C6H8O2.Na/c7-6-3-1-2-4-8-5-6;/h1,3,5,7H,2,4H2;/q;+1/p-1. The van der Waals surface area contributed by atoms with Crippen LogP contribution in [-0.4, -0.2) is 6.61 Å². The second-order valence-electron chi connectivity index (χ2n) is 1.58. The van der Waals surface area contributed by atoms with Crippen molar-refractivity contribution in [3.05, 3.63) is 24.2 Å². The summed E-state index contributed by atoms with van der Waals surface area (Å²) < 4.78 is 4.77. The Morgan fingerprint density at radius 1 is 1.56 bits per heavy atom. The van der Waals surface area contributed by atoms with Gasteiger partial charge in [-0.25, -0.2) is 0 Å². The molecule has 0 saturated heterocycles. The minimum absolute atomic E-state index is 0. The zero-order chi connectivity index (χ0) is 5.82. The zero-order valence-corrected chi connectivity index (χ0v) is 7.46. The molecule has 0 aromatic heterocycles. The fourth-order valence-electron chi connectivity index (χ4n) is 0.516. The molecule has 3 heteroatoms. The smallest absolute Gasteiger partial charge is 0.870 e. The molecule has 0 aromatic rings. The normalized spacial score (nSPS) is 16.7. The third-order valence-electron chi connectivity index (χ3n) is 0.884. The van der Waals surface area contributed by atoms with E-state index in [1.54, 1.807) is 0 Å². The fraction of sp³-hybridized carbons (Fsp3) is 0.333. The van der Waals surface area contributed by atoms with Crippen LogP contribution in [-0.2, 0) is 4.74 Å². The molecule has 0 aromatic carbocycles. The van der Waals surface area contributed by atoms with Crippen LogP contribution in [0.2, 0.25) is 0 Å². The van der Waals surface area contributed by atoms with Crippen LogP contribution < -0.4 is 34.7 Å². The van der Waals surface area contributed by atoms with Crippen LogP contribution in [0.4, 0.5) is 0 Å². The summed E-state index contributed by atoms with van der Waals surface area (Å²) in [5.41, 5.74) is 0. The van der Waals surface area contributed by atoms with Crippen LogP contribution in [0.15, 0.2) is 24.2 Å². The largest absolute Gasteiger partial charge is 1.00 e. The molecular weight excluding hydrogens is 127 g/mol. The van der Waals surface area contributed by atoms with E-state index in [0.717, 1.165) is 6.42 Å². The van der Waals surface area contributed by atoms with Crippen molar-refractivity contribution < 1.29 is 39.4 Å². The van der Waals surface area contributed by atoms with Crippen LogP contribution in [0, 0.1) is 0 Å². The molecule has 1 rings (SSSR count). The van der Waals surface area contributed by atoms with E-state index in [2.05, 4.69) is 0 Å². The predicted octanol–water partition coefficient (Wildman–Crippen LogP) is -2.83. The summed E-state index contributed by atoms with van der Waals surface area (Å²) in [6.45, 7) is 0.627. The minimum atomic E-state index is -0.0532. The maximum atomic E-state index is 10.4. The van der Waals surface area contributed by atoms with Crippen molar-refractivity contribution >= 4 is 0 Å². The fourth-order valence-corrected chi connectivity index (χ4v) is 0.516. The van der Waals surface area contributed by atoms with Gasteiger partial charge in [-0.3, -0.25) is 0 Å². The SMILES string of the molecule is [Na+].[O-]C1=COCCC=C1. The van der Waals surface area contributed by atoms with Crippen molar-refractivity contribution in [3.8, 4) is 0 Å². The molecule has 0 saturated carbocycles. The Hall–Kier alpha value is 0.0800. The summed E-state index contributed by atoms with van der Waals surface area (Å²) in [5.74, 6) is -0.0532. The molecule has 0 unspecified atom stereocenters. The third-order valence-corrected chi connectivity index (χ3v) is 0.884. The number of ether oxygens (including phenoxy) is 1. The van der Waals surface area contributed by atoms with Gasteiger partial charge in [-0.05, 0) is 6.42 Å². The van der Waals surface area contributed by atoms with Crippen molar-refractivity contribution in [3.63, 3.8) is 0 Å². The van der Waals surface area contributed by atoms with E-state index in [1.165, 1.54) is 12.3 Å². The van der Waals surface area contributed by atoms with E-state index in [0.29, 0.717) is 6.61 Å². The number of rotatable bonds is 0. The average Bonchev–Trinajstić information content (AvgIpc) is 1.94. The predicted molar refractivity (Wildman–Crippen MR) is 27.8 cm³/mol. The molecule has 1 aliphatic heterocycles. The van der Waals surface area contributed by atoms with Crippen molar-refractivity contribution in [2.75, 3.05) is 6.61 Å². The van der Waals surface area contributed by atoms with Gasteiger partial charge >= 0.3 is 29.6 Å². The van der Waals surface area contributed by atoms with Crippen molar-refractivity contribution in [2.24, 2.45) is 0 Å². The Morgan fingerprint density at radius 3 is 3.11 bits per heavy atom. The van der Waals surface area contributed by atoms with Gasteiger partial charge in [-0.1, -0.05) is 17.9 Å². The quantitative estimate of drug-likeness (QED) is 0.334. The molecule has 2 nitrogen and oxygen atoms in total. The second-order valence-corrected chi connectivity index (χ2v) is 1.58. The molecule has 0 aliphatic carbocycles. The van der Waals surface area contributed by atoms with Gasteiger partial charge in [0.1, 0.15) is 0 Å². The second kappa shape index (κ2) is 4.91. The molecule has 1 heterocycles. The topological polar surface area (TPSA) is 32.3 Å². The van der Waals surface area contributed by atoms with Gasteiger partial charge < -0.3 is 9.84 Å². The molecule has 0 bridgehead atoms. The summed E-state index contributed by atoms with van der Waals surface area (Å²) in [6.07, 6.45) is 5.41. The van der Waals surface area contributed by atoms with Crippen LogP contribution in [0.5, 0.6) is 0 Å². The van der Waals surface area contributed by atoms with E-state index < -0.39 is 0 Å². The van der Waals surface area contributed by atoms with E-state index in [9.17, 15) is 5.11 Å². The minimum Gasteiger partial charge on any atom is -0.870 e. The first-order chi connectivity index (χ1) is 3.89. The van der Waals surface area contributed by atoms with Gasteiger partial charge in [0.15, 0.2) is 0 Å². The average molecular weight is 134 g/mol. The van der Waals surface area contributed by atoms with Crippen molar-refractivity contribution in [2.45, 2.75) is 6.42 Å². The first-order valence-corrected chi connectivity index (χ1v) is 2.55. The van der Waals surface area contributed by atoms with Gasteiger partial charge in [0.2, 0.25) is 0 Å². The third kappa shape index (κ3) is 3.62. The molecule has 0 atom stereocenters. The van der Waals surface area contributed by atoms with Crippen LogP contribution >= 0.6 is 0 Å². The maximum absolute atomic E-state index is 10.4. The van der Waals surface area contributed by atoms with Gasteiger partial charge in [0.25, 0.3) is 0 Å².